The van der Waals surface area contributed by atoms with Crippen molar-refractivity contribution in [2.75, 3.05) is 12.8 Å². The lowest BCUT2D eigenvalue weighted by atomic mass is 10.2. The van der Waals surface area contributed by atoms with Crippen LogP contribution in [-0.4, -0.2) is 18.6 Å². The highest BCUT2D eigenvalue weighted by atomic mass is 32.2. The van der Waals surface area contributed by atoms with Crippen molar-refractivity contribution in [3.8, 4) is 0 Å². The van der Waals surface area contributed by atoms with Gasteiger partial charge < -0.3 is 5.73 Å². The Morgan fingerprint density at radius 3 is 2.92 bits per heavy atom. The van der Waals surface area contributed by atoms with Crippen LogP contribution >= 0.6 is 11.8 Å². The predicted molar refractivity (Wildman–Crippen MR) is 59.4 cm³/mol. The van der Waals surface area contributed by atoms with E-state index in [1.54, 1.807) is 18.8 Å². The molecular weight excluding hydrogens is 180 g/mol. The number of rotatable bonds is 3. The van der Waals surface area contributed by atoms with Crippen LogP contribution in [0.3, 0.4) is 0 Å². The molecule has 0 radical (unpaired) electrons. The third kappa shape index (κ3) is 3.51. The normalized spacial score (nSPS) is 11.7. The second kappa shape index (κ2) is 4.92. The molecule has 70 valence electrons. The molecule has 0 bridgehead atoms. The molecular formula is C10H14N2S. The maximum absolute atomic E-state index is 5.59. The van der Waals surface area contributed by atoms with Crippen LogP contribution in [0.25, 0.3) is 0 Å². The second-order valence-electron chi connectivity index (χ2n) is 2.82. The van der Waals surface area contributed by atoms with Gasteiger partial charge in [-0.05, 0) is 19.1 Å². The van der Waals surface area contributed by atoms with Gasteiger partial charge in [0.1, 0.15) is 5.84 Å². The average molecular weight is 194 g/mol. The minimum absolute atomic E-state index is 0.687. The molecule has 0 saturated heterocycles. The molecule has 2 nitrogen and oxygen atoms in total. The Labute approximate surface area is 83.2 Å². The summed E-state index contributed by atoms with van der Waals surface area (Å²) in [6.07, 6.45) is 0. The summed E-state index contributed by atoms with van der Waals surface area (Å²) in [6.45, 7) is 2.08. The van der Waals surface area contributed by atoms with Gasteiger partial charge in [0.15, 0.2) is 0 Å². The molecule has 0 aliphatic carbocycles. The van der Waals surface area contributed by atoms with Crippen molar-refractivity contribution in [3.63, 3.8) is 0 Å². The first-order valence-corrected chi connectivity index (χ1v) is 5.11. The van der Waals surface area contributed by atoms with E-state index in [0.717, 1.165) is 5.75 Å². The van der Waals surface area contributed by atoms with E-state index in [-0.39, 0.29) is 0 Å². The van der Waals surface area contributed by atoms with E-state index < -0.39 is 0 Å². The van der Waals surface area contributed by atoms with Gasteiger partial charge in [-0.2, -0.15) is 0 Å². The number of aryl methyl sites for hydroxylation is 1. The van der Waals surface area contributed by atoms with E-state index in [1.165, 1.54) is 10.5 Å². The van der Waals surface area contributed by atoms with Crippen LogP contribution in [0.4, 0.5) is 0 Å². The fourth-order valence-corrected chi connectivity index (χ4v) is 1.81. The van der Waals surface area contributed by atoms with Crippen molar-refractivity contribution in [2.45, 2.75) is 11.8 Å². The summed E-state index contributed by atoms with van der Waals surface area (Å²) in [6, 6.07) is 8.37. The lowest BCUT2D eigenvalue weighted by molar-refractivity contribution is 1.35. The van der Waals surface area contributed by atoms with Crippen LogP contribution in [-0.2, 0) is 0 Å². The van der Waals surface area contributed by atoms with Crippen molar-refractivity contribution >= 4 is 17.6 Å². The summed E-state index contributed by atoms with van der Waals surface area (Å²) in [5.41, 5.74) is 6.86. The van der Waals surface area contributed by atoms with E-state index in [0.29, 0.717) is 5.84 Å². The number of amidine groups is 1. The summed E-state index contributed by atoms with van der Waals surface area (Å²) >= 11 is 1.71. The third-order valence-electron chi connectivity index (χ3n) is 1.66. The van der Waals surface area contributed by atoms with Crippen molar-refractivity contribution < 1.29 is 0 Å². The van der Waals surface area contributed by atoms with E-state index in [2.05, 4.69) is 36.2 Å². The molecule has 0 spiro atoms. The fourth-order valence-electron chi connectivity index (χ4n) is 0.927. The molecule has 13 heavy (non-hydrogen) atoms. The SMILES string of the molecule is CN=C(N)CSc1cccc(C)c1. The topological polar surface area (TPSA) is 38.4 Å². The van der Waals surface area contributed by atoms with Crippen molar-refractivity contribution in [1.29, 1.82) is 0 Å². The van der Waals surface area contributed by atoms with Gasteiger partial charge in [0.2, 0.25) is 0 Å². The van der Waals surface area contributed by atoms with Gasteiger partial charge in [-0.1, -0.05) is 17.7 Å². The molecule has 0 heterocycles. The van der Waals surface area contributed by atoms with Gasteiger partial charge in [0.25, 0.3) is 0 Å². The predicted octanol–water partition coefficient (Wildman–Crippen LogP) is 2.07. The molecule has 0 aliphatic rings. The van der Waals surface area contributed by atoms with Crippen LogP contribution in [0.1, 0.15) is 5.56 Å². The van der Waals surface area contributed by atoms with E-state index >= 15 is 0 Å². The zero-order valence-corrected chi connectivity index (χ0v) is 8.77. The molecule has 0 aliphatic heterocycles. The summed E-state index contributed by atoms with van der Waals surface area (Å²) in [7, 11) is 1.71. The highest BCUT2D eigenvalue weighted by Crippen LogP contribution is 2.18. The number of thioether (sulfide) groups is 1. The first kappa shape index (κ1) is 10.1. The minimum Gasteiger partial charge on any atom is -0.387 e. The standard InChI is InChI=1S/C10H14N2S/c1-8-4-3-5-9(6-8)13-7-10(11)12-2/h3-6H,7H2,1-2H3,(H2,11,12). The number of benzene rings is 1. The van der Waals surface area contributed by atoms with Crippen molar-refractivity contribution in [1.82, 2.24) is 0 Å². The lowest BCUT2D eigenvalue weighted by Crippen LogP contribution is -2.13. The van der Waals surface area contributed by atoms with Crippen LogP contribution in [0.2, 0.25) is 0 Å². The Morgan fingerprint density at radius 2 is 2.31 bits per heavy atom. The molecule has 0 atom stereocenters. The molecule has 0 amide bonds. The van der Waals surface area contributed by atoms with E-state index in [1.807, 2.05) is 0 Å². The second-order valence-corrected chi connectivity index (χ2v) is 3.87. The first-order chi connectivity index (χ1) is 6.22. The van der Waals surface area contributed by atoms with Crippen molar-refractivity contribution in [2.24, 2.45) is 10.7 Å². The number of hydrogen-bond donors (Lipinski definition) is 1. The minimum atomic E-state index is 0.687. The Hall–Kier alpha value is -0.960. The lowest BCUT2D eigenvalue weighted by Gasteiger charge is -2.01. The van der Waals surface area contributed by atoms with E-state index in [4.69, 9.17) is 5.73 Å². The largest absolute Gasteiger partial charge is 0.387 e. The van der Waals surface area contributed by atoms with Crippen molar-refractivity contribution in [3.05, 3.63) is 29.8 Å². The number of nitrogens with zero attached hydrogens (tertiary/aromatic N) is 1. The Bertz CT molecular complexity index is 308. The molecule has 1 rings (SSSR count). The van der Waals surface area contributed by atoms with Crippen LogP contribution in [0.5, 0.6) is 0 Å². The molecule has 0 unspecified atom stereocenters. The van der Waals surface area contributed by atoms with Gasteiger partial charge >= 0.3 is 0 Å². The summed E-state index contributed by atoms with van der Waals surface area (Å²) in [5.74, 6) is 1.45. The number of aliphatic imine (C=N–C) groups is 1. The Kier molecular flexibility index (Phi) is 3.83. The van der Waals surface area contributed by atoms with Gasteiger partial charge in [-0.3, -0.25) is 4.99 Å². The zero-order valence-electron chi connectivity index (χ0n) is 7.95. The maximum Gasteiger partial charge on any atom is 0.104 e. The zero-order chi connectivity index (χ0) is 9.68. The van der Waals surface area contributed by atoms with Crippen LogP contribution in [0, 0.1) is 6.92 Å². The molecule has 0 fully saturated rings. The summed E-state index contributed by atoms with van der Waals surface area (Å²) in [4.78, 5) is 5.14. The van der Waals surface area contributed by atoms with Crippen LogP contribution < -0.4 is 5.73 Å². The van der Waals surface area contributed by atoms with Gasteiger partial charge in [0, 0.05) is 11.9 Å². The Morgan fingerprint density at radius 1 is 1.54 bits per heavy atom. The van der Waals surface area contributed by atoms with Crippen LogP contribution in [0.15, 0.2) is 34.2 Å². The van der Waals surface area contributed by atoms with E-state index in [9.17, 15) is 0 Å². The Balaban J connectivity index is 2.55. The summed E-state index contributed by atoms with van der Waals surface area (Å²) < 4.78 is 0. The molecule has 2 N–H and O–H groups in total. The van der Waals surface area contributed by atoms with Gasteiger partial charge in [-0.25, -0.2) is 0 Å². The summed E-state index contributed by atoms with van der Waals surface area (Å²) in [5, 5.41) is 0. The fraction of sp³-hybridized carbons (Fsp3) is 0.300. The number of nitrogens with two attached hydrogens (primary N) is 1. The monoisotopic (exact) mass is 194 g/mol. The molecule has 0 aromatic heterocycles. The quantitative estimate of drug-likeness (QED) is 0.454. The molecule has 0 saturated carbocycles. The third-order valence-corrected chi connectivity index (χ3v) is 2.69. The highest BCUT2D eigenvalue weighted by molar-refractivity contribution is 8.00. The number of hydrogen-bond acceptors (Lipinski definition) is 2. The molecule has 1 aromatic rings. The maximum atomic E-state index is 5.59. The highest BCUT2D eigenvalue weighted by Gasteiger charge is 1.95. The molecule has 3 heteroatoms. The smallest absolute Gasteiger partial charge is 0.104 e. The van der Waals surface area contributed by atoms with Gasteiger partial charge in [0.05, 0.1) is 5.75 Å². The molecule has 1 aromatic carbocycles. The average Bonchev–Trinajstić information content (AvgIpc) is 2.14. The first-order valence-electron chi connectivity index (χ1n) is 4.13. The van der Waals surface area contributed by atoms with Gasteiger partial charge in [-0.15, -0.1) is 11.8 Å².